The molecule has 1 heterocycles. The molecule has 1 aromatic heterocycles. The minimum atomic E-state index is -0.489. The van der Waals surface area contributed by atoms with Crippen LogP contribution in [0.1, 0.15) is 0 Å². The Balaban J connectivity index is 2.05. The summed E-state index contributed by atoms with van der Waals surface area (Å²) in [6.45, 7) is 0. The fraction of sp³-hybridized carbons (Fsp3) is 0.0667. The zero-order valence-electron chi connectivity index (χ0n) is 10.9. The number of rotatable bonds is 3. The fourth-order valence-electron chi connectivity index (χ4n) is 2.04. The third-order valence-electron chi connectivity index (χ3n) is 3.01. The van der Waals surface area contributed by atoms with Gasteiger partial charge < -0.3 is 10.6 Å². The van der Waals surface area contributed by atoms with Gasteiger partial charge in [-0.3, -0.25) is 0 Å². The van der Waals surface area contributed by atoms with Gasteiger partial charge in [0.25, 0.3) is 0 Å². The lowest BCUT2D eigenvalue weighted by Gasteiger charge is -2.10. The molecule has 2 N–H and O–H groups in total. The highest BCUT2D eigenvalue weighted by atomic mass is 19.1. The van der Waals surface area contributed by atoms with Crippen molar-refractivity contribution in [3.8, 4) is 0 Å². The highest BCUT2D eigenvalue weighted by molar-refractivity contribution is 5.95. The molecular weight excluding hydrogens is 255 g/mol. The summed E-state index contributed by atoms with van der Waals surface area (Å²) in [6, 6.07) is 13.7. The number of fused-ring (bicyclic) bond motifs is 1. The molecule has 0 aliphatic carbocycles. The van der Waals surface area contributed by atoms with Crippen molar-refractivity contribution in [2.24, 2.45) is 0 Å². The minimum absolute atomic E-state index is 0.153. The monoisotopic (exact) mass is 268 g/mol. The van der Waals surface area contributed by atoms with E-state index in [-0.39, 0.29) is 5.82 Å². The van der Waals surface area contributed by atoms with E-state index < -0.39 is 5.82 Å². The summed E-state index contributed by atoms with van der Waals surface area (Å²) in [5, 5.41) is 7.91. The Hall–Kier alpha value is -2.69. The van der Waals surface area contributed by atoms with E-state index in [1.165, 1.54) is 0 Å². The summed E-state index contributed by atoms with van der Waals surface area (Å²) in [6.07, 6.45) is 1.15. The molecule has 0 saturated heterocycles. The molecule has 4 nitrogen and oxygen atoms in total. The highest BCUT2D eigenvalue weighted by Crippen LogP contribution is 2.26. The van der Waals surface area contributed by atoms with Crippen LogP contribution in [0.25, 0.3) is 10.8 Å². The van der Waals surface area contributed by atoms with E-state index in [4.69, 9.17) is 0 Å². The average Bonchev–Trinajstić information content (AvgIpc) is 2.50. The lowest BCUT2D eigenvalue weighted by Crippen LogP contribution is -2.03. The maximum absolute atomic E-state index is 13.8. The minimum Gasteiger partial charge on any atom is -0.357 e. The zero-order chi connectivity index (χ0) is 13.9. The molecule has 0 amide bonds. The van der Waals surface area contributed by atoms with Gasteiger partial charge in [-0.1, -0.05) is 36.4 Å². The van der Waals surface area contributed by atoms with Gasteiger partial charge in [-0.2, -0.15) is 4.98 Å². The highest BCUT2D eigenvalue weighted by Gasteiger charge is 2.08. The number of anilines is 3. The van der Waals surface area contributed by atoms with E-state index in [9.17, 15) is 4.39 Å². The van der Waals surface area contributed by atoms with Gasteiger partial charge in [-0.05, 0) is 11.5 Å². The van der Waals surface area contributed by atoms with Crippen LogP contribution in [0.5, 0.6) is 0 Å². The Morgan fingerprint density at radius 2 is 1.85 bits per heavy atom. The predicted molar refractivity (Wildman–Crippen MR) is 78.8 cm³/mol. The Bertz CT molecular complexity index is 752. The van der Waals surface area contributed by atoms with E-state index in [0.29, 0.717) is 5.95 Å². The van der Waals surface area contributed by atoms with Gasteiger partial charge in [-0.15, -0.1) is 0 Å². The van der Waals surface area contributed by atoms with Crippen LogP contribution in [-0.4, -0.2) is 17.0 Å². The summed E-state index contributed by atoms with van der Waals surface area (Å²) < 4.78 is 13.8. The molecule has 0 unspecified atom stereocenters. The molecule has 2 aromatic carbocycles. The zero-order valence-corrected chi connectivity index (χ0v) is 10.9. The SMILES string of the molecule is CNc1ncc(F)c(Nc2cccc3ccccc23)n1. The number of hydrogen-bond acceptors (Lipinski definition) is 4. The third kappa shape index (κ3) is 2.25. The second kappa shape index (κ2) is 5.13. The summed E-state index contributed by atoms with van der Waals surface area (Å²) in [5.74, 6) is 0.0340. The van der Waals surface area contributed by atoms with Crippen LogP contribution in [0.3, 0.4) is 0 Å². The van der Waals surface area contributed by atoms with Crippen molar-refractivity contribution in [3.05, 3.63) is 54.5 Å². The van der Waals surface area contributed by atoms with Gasteiger partial charge in [0.15, 0.2) is 11.6 Å². The van der Waals surface area contributed by atoms with Crippen molar-refractivity contribution in [2.45, 2.75) is 0 Å². The summed E-state index contributed by atoms with van der Waals surface area (Å²) >= 11 is 0. The van der Waals surface area contributed by atoms with Crippen LogP contribution in [0.4, 0.5) is 21.8 Å². The number of aromatic nitrogens is 2. The normalized spacial score (nSPS) is 10.5. The predicted octanol–water partition coefficient (Wildman–Crippen LogP) is 3.55. The number of halogens is 1. The van der Waals surface area contributed by atoms with Crippen LogP contribution in [0.15, 0.2) is 48.7 Å². The number of benzene rings is 2. The Morgan fingerprint density at radius 1 is 1.05 bits per heavy atom. The molecule has 20 heavy (non-hydrogen) atoms. The van der Waals surface area contributed by atoms with Gasteiger partial charge >= 0.3 is 0 Å². The van der Waals surface area contributed by atoms with Gasteiger partial charge in [0.05, 0.1) is 6.20 Å². The second-order valence-electron chi connectivity index (χ2n) is 4.29. The number of nitrogens with zero attached hydrogens (tertiary/aromatic N) is 2. The van der Waals surface area contributed by atoms with Gasteiger partial charge in [-0.25, -0.2) is 9.37 Å². The van der Waals surface area contributed by atoms with Crippen molar-refractivity contribution < 1.29 is 4.39 Å². The Morgan fingerprint density at radius 3 is 2.70 bits per heavy atom. The smallest absolute Gasteiger partial charge is 0.224 e. The first-order chi connectivity index (χ1) is 9.78. The Labute approximate surface area is 115 Å². The topological polar surface area (TPSA) is 49.8 Å². The molecule has 0 saturated carbocycles. The quantitative estimate of drug-likeness (QED) is 0.762. The average molecular weight is 268 g/mol. The first-order valence-electron chi connectivity index (χ1n) is 6.23. The molecule has 0 fully saturated rings. The maximum Gasteiger partial charge on any atom is 0.224 e. The molecule has 100 valence electrons. The molecule has 0 radical (unpaired) electrons. The number of hydrogen-bond donors (Lipinski definition) is 2. The number of nitrogens with one attached hydrogen (secondary N) is 2. The molecule has 3 aromatic rings. The molecule has 0 atom stereocenters. The summed E-state index contributed by atoms with van der Waals surface area (Å²) in [4.78, 5) is 7.91. The molecule has 3 rings (SSSR count). The van der Waals surface area contributed by atoms with Crippen molar-refractivity contribution in [1.29, 1.82) is 0 Å². The van der Waals surface area contributed by atoms with Gasteiger partial charge in [0.1, 0.15) is 0 Å². The molecule has 0 aliphatic rings. The maximum atomic E-state index is 13.8. The van der Waals surface area contributed by atoms with E-state index in [0.717, 1.165) is 22.7 Å². The molecule has 5 heteroatoms. The Kier molecular flexibility index (Phi) is 3.16. The van der Waals surface area contributed by atoms with E-state index in [1.54, 1.807) is 7.05 Å². The van der Waals surface area contributed by atoms with Crippen molar-refractivity contribution in [2.75, 3.05) is 17.7 Å². The van der Waals surface area contributed by atoms with E-state index in [1.807, 2.05) is 42.5 Å². The van der Waals surface area contributed by atoms with Crippen molar-refractivity contribution >= 4 is 28.2 Å². The lowest BCUT2D eigenvalue weighted by molar-refractivity contribution is 0.619. The molecule has 0 spiro atoms. The van der Waals surface area contributed by atoms with Crippen LogP contribution >= 0.6 is 0 Å². The standard InChI is InChI=1S/C15H13FN4/c1-17-15-18-9-12(16)14(20-15)19-13-8-4-6-10-5-2-3-7-11(10)13/h2-9H,1H3,(H2,17,18,19,20). The summed E-state index contributed by atoms with van der Waals surface area (Å²) in [5.41, 5.74) is 0.808. The summed E-state index contributed by atoms with van der Waals surface area (Å²) in [7, 11) is 1.69. The molecular formula is C15H13FN4. The van der Waals surface area contributed by atoms with Crippen LogP contribution in [0.2, 0.25) is 0 Å². The van der Waals surface area contributed by atoms with Crippen LogP contribution in [-0.2, 0) is 0 Å². The van der Waals surface area contributed by atoms with E-state index in [2.05, 4.69) is 20.6 Å². The molecule has 0 aliphatic heterocycles. The second-order valence-corrected chi connectivity index (χ2v) is 4.29. The van der Waals surface area contributed by atoms with E-state index >= 15 is 0 Å². The third-order valence-corrected chi connectivity index (χ3v) is 3.01. The van der Waals surface area contributed by atoms with Gasteiger partial charge in [0.2, 0.25) is 5.95 Å². The van der Waals surface area contributed by atoms with Crippen LogP contribution in [0, 0.1) is 5.82 Å². The first kappa shape index (κ1) is 12.3. The fourth-order valence-corrected chi connectivity index (χ4v) is 2.04. The first-order valence-corrected chi connectivity index (χ1v) is 6.23. The lowest BCUT2D eigenvalue weighted by atomic mass is 10.1. The molecule has 0 bridgehead atoms. The van der Waals surface area contributed by atoms with Crippen molar-refractivity contribution in [3.63, 3.8) is 0 Å². The largest absolute Gasteiger partial charge is 0.357 e. The van der Waals surface area contributed by atoms with Crippen molar-refractivity contribution in [1.82, 2.24) is 9.97 Å². The van der Waals surface area contributed by atoms with Gasteiger partial charge in [0, 0.05) is 18.1 Å². The van der Waals surface area contributed by atoms with Crippen LogP contribution < -0.4 is 10.6 Å².